The van der Waals surface area contributed by atoms with Gasteiger partial charge >= 0.3 is 5.97 Å². The van der Waals surface area contributed by atoms with Crippen molar-refractivity contribution in [3.05, 3.63) is 48.0 Å². The summed E-state index contributed by atoms with van der Waals surface area (Å²) in [7, 11) is 2.97. The van der Waals surface area contributed by atoms with E-state index in [-0.39, 0.29) is 12.2 Å². The fraction of sp³-hybridized carbons (Fsp3) is 0.188. The third-order valence-corrected chi connectivity index (χ3v) is 2.88. The van der Waals surface area contributed by atoms with Crippen LogP contribution in [-0.4, -0.2) is 25.3 Å². The van der Waals surface area contributed by atoms with Gasteiger partial charge in [-0.2, -0.15) is 0 Å². The van der Waals surface area contributed by atoms with E-state index in [1.54, 1.807) is 36.4 Å². The van der Waals surface area contributed by atoms with E-state index in [1.165, 1.54) is 20.3 Å². The number of phenols is 1. The highest BCUT2D eigenvalue weighted by Gasteiger charge is 2.11. The molecule has 2 rings (SSSR count). The SMILES string of the molecule is COc1ccc(CC(=O)Oc2ccccc2OC)cc1O. The fourth-order valence-electron chi connectivity index (χ4n) is 1.87. The lowest BCUT2D eigenvalue weighted by Crippen LogP contribution is -2.11. The molecule has 0 heterocycles. The Balaban J connectivity index is 2.06. The number of carbonyl (C=O) groups is 1. The summed E-state index contributed by atoms with van der Waals surface area (Å²) >= 11 is 0. The third kappa shape index (κ3) is 3.66. The first-order valence-electron chi connectivity index (χ1n) is 6.33. The van der Waals surface area contributed by atoms with Gasteiger partial charge in [-0.25, -0.2) is 0 Å². The van der Waals surface area contributed by atoms with Gasteiger partial charge in [0.2, 0.25) is 0 Å². The monoisotopic (exact) mass is 288 g/mol. The van der Waals surface area contributed by atoms with Crippen molar-refractivity contribution in [2.45, 2.75) is 6.42 Å². The first-order valence-corrected chi connectivity index (χ1v) is 6.33. The lowest BCUT2D eigenvalue weighted by Gasteiger charge is -2.09. The Bertz CT molecular complexity index is 636. The van der Waals surface area contributed by atoms with Gasteiger partial charge in [0.1, 0.15) is 0 Å². The lowest BCUT2D eigenvalue weighted by atomic mass is 10.1. The second-order valence-electron chi connectivity index (χ2n) is 4.31. The molecule has 0 aliphatic rings. The number of hydrogen-bond acceptors (Lipinski definition) is 5. The fourth-order valence-corrected chi connectivity index (χ4v) is 1.87. The Kier molecular flexibility index (Phi) is 4.66. The van der Waals surface area contributed by atoms with E-state index in [0.717, 1.165) is 0 Å². The van der Waals surface area contributed by atoms with Crippen molar-refractivity contribution in [1.29, 1.82) is 0 Å². The Morgan fingerprint density at radius 3 is 2.29 bits per heavy atom. The standard InChI is InChI=1S/C16H16O5/c1-19-13-8-7-11(9-12(13)17)10-16(18)21-15-6-4-3-5-14(15)20-2/h3-9,17H,10H2,1-2H3. The van der Waals surface area contributed by atoms with Crippen molar-refractivity contribution in [2.75, 3.05) is 14.2 Å². The molecule has 0 aliphatic heterocycles. The van der Waals surface area contributed by atoms with E-state index in [9.17, 15) is 9.90 Å². The summed E-state index contributed by atoms with van der Waals surface area (Å²) < 4.78 is 15.3. The molecule has 0 aliphatic carbocycles. The molecule has 0 radical (unpaired) electrons. The predicted molar refractivity (Wildman–Crippen MR) is 77.0 cm³/mol. The van der Waals surface area contributed by atoms with Crippen LogP contribution in [-0.2, 0) is 11.2 Å². The van der Waals surface area contributed by atoms with Crippen LogP contribution in [0.1, 0.15) is 5.56 Å². The molecule has 110 valence electrons. The number of phenolic OH excluding ortho intramolecular Hbond substituents is 1. The smallest absolute Gasteiger partial charge is 0.315 e. The zero-order chi connectivity index (χ0) is 15.2. The molecule has 0 spiro atoms. The van der Waals surface area contributed by atoms with Crippen LogP contribution >= 0.6 is 0 Å². The van der Waals surface area contributed by atoms with E-state index < -0.39 is 5.97 Å². The van der Waals surface area contributed by atoms with Crippen molar-refractivity contribution in [3.8, 4) is 23.0 Å². The lowest BCUT2D eigenvalue weighted by molar-refractivity contribution is -0.133. The minimum atomic E-state index is -0.441. The van der Waals surface area contributed by atoms with Crippen molar-refractivity contribution >= 4 is 5.97 Å². The van der Waals surface area contributed by atoms with Gasteiger partial charge in [-0.1, -0.05) is 18.2 Å². The van der Waals surface area contributed by atoms with Gasteiger partial charge in [0.15, 0.2) is 23.0 Å². The summed E-state index contributed by atoms with van der Waals surface area (Å²) in [4.78, 5) is 11.9. The first kappa shape index (κ1) is 14.7. The highest BCUT2D eigenvalue weighted by molar-refractivity contribution is 5.76. The topological polar surface area (TPSA) is 65.0 Å². The number of hydrogen-bond donors (Lipinski definition) is 1. The molecular formula is C16H16O5. The molecule has 0 unspecified atom stereocenters. The van der Waals surface area contributed by atoms with Crippen LogP contribution in [0.5, 0.6) is 23.0 Å². The molecule has 0 bridgehead atoms. The Hall–Kier alpha value is -2.69. The van der Waals surface area contributed by atoms with Gasteiger partial charge in [-0.15, -0.1) is 0 Å². The van der Waals surface area contributed by atoms with E-state index in [2.05, 4.69) is 0 Å². The molecule has 2 aromatic rings. The molecule has 0 fully saturated rings. The van der Waals surface area contributed by atoms with Gasteiger partial charge in [0.05, 0.1) is 20.6 Å². The second kappa shape index (κ2) is 6.65. The molecule has 0 atom stereocenters. The van der Waals surface area contributed by atoms with Crippen LogP contribution in [0.15, 0.2) is 42.5 Å². The van der Waals surface area contributed by atoms with E-state index >= 15 is 0 Å². The molecule has 5 heteroatoms. The summed E-state index contributed by atoms with van der Waals surface area (Å²) in [6.07, 6.45) is 0.0373. The highest BCUT2D eigenvalue weighted by Crippen LogP contribution is 2.28. The number of ether oxygens (including phenoxy) is 3. The van der Waals surface area contributed by atoms with Crippen molar-refractivity contribution < 1.29 is 24.1 Å². The van der Waals surface area contributed by atoms with Gasteiger partial charge < -0.3 is 19.3 Å². The minimum Gasteiger partial charge on any atom is -0.504 e. The molecule has 21 heavy (non-hydrogen) atoms. The number of esters is 1. The summed E-state index contributed by atoms with van der Waals surface area (Å²) in [6.45, 7) is 0. The average molecular weight is 288 g/mol. The van der Waals surface area contributed by atoms with Gasteiger partial charge in [0, 0.05) is 0 Å². The number of para-hydroxylation sites is 2. The molecule has 1 N–H and O–H groups in total. The molecule has 0 saturated heterocycles. The van der Waals surface area contributed by atoms with E-state index in [4.69, 9.17) is 14.2 Å². The predicted octanol–water partition coefficient (Wildman–Crippen LogP) is 2.56. The molecule has 0 saturated carbocycles. The molecule has 0 aromatic heterocycles. The number of methoxy groups -OCH3 is 2. The largest absolute Gasteiger partial charge is 0.504 e. The summed E-state index contributed by atoms with van der Waals surface area (Å²) in [5.41, 5.74) is 0.633. The van der Waals surface area contributed by atoms with Gasteiger partial charge in [-0.05, 0) is 29.8 Å². The Labute approximate surface area is 122 Å². The van der Waals surface area contributed by atoms with E-state index in [0.29, 0.717) is 22.8 Å². The van der Waals surface area contributed by atoms with Crippen LogP contribution in [0.2, 0.25) is 0 Å². The van der Waals surface area contributed by atoms with Crippen molar-refractivity contribution in [2.24, 2.45) is 0 Å². The second-order valence-corrected chi connectivity index (χ2v) is 4.31. The van der Waals surface area contributed by atoms with Crippen LogP contribution < -0.4 is 14.2 Å². The maximum absolute atomic E-state index is 11.9. The van der Waals surface area contributed by atoms with Crippen LogP contribution in [0.25, 0.3) is 0 Å². The Morgan fingerprint density at radius 1 is 1.00 bits per heavy atom. The Morgan fingerprint density at radius 2 is 1.67 bits per heavy atom. The zero-order valence-corrected chi connectivity index (χ0v) is 11.8. The van der Waals surface area contributed by atoms with E-state index in [1.807, 2.05) is 0 Å². The number of carbonyl (C=O) groups excluding carboxylic acids is 1. The maximum atomic E-state index is 11.9. The normalized spacial score (nSPS) is 10.0. The van der Waals surface area contributed by atoms with Crippen LogP contribution in [0.3, 0.4) is 0 Å². The maximum Gasteiger partial charge on any atom is 0.315 e. The highest BCUT2D eigenvalue weighted by atomic mass is 16.6. The number of aromatic hydroxyl groups is 1. The first-order chi connectivity index (χ1) is 10.1. The average Bonchev–Trinajstić information content (AvgIpc) is 2.48. The van der Waals surface area contributed by atoms with Crippen molar-refractivity contribution in [1.82, 2.24) is 0 Å². The van der Waals surface area contributed by atoms with Crippen LogP contribution in [0.4, 0.5) is 0 Å². The molecular weight excluding hydrogens is 272 g/mol. The zero-order valence-electron chi connectivity index (χ0n) is 11.8. The van der Waals surface area contributed by atoms with Crippen molar-refractivity contribution in [3.63, 3.8) is 0 Å². The molecule has 0 amide bonds. The quantitative estimate of drug-likeness (QED) is 0.676. The third-order valence-electron chi connectivity index (χ3n) is 2.88. The van der Waals surface area contributed by atoms with Gasteiger partial charge in [-0.3, -0.25) is 4.79 Å². The molecule has 5 nitrogen and oxygen atoms in total. The number of benzene rings is 2. The molecule has 2 aromatic carbocycles. The number of rotatable bonds is 5. The van der Waals surface area contributed by atoms with Crippen LogP contribution in [0, 0.1) is 0 Å². The van der Waals surface area contributed by atoms with Gasteiger partial charge in [0.25, 0.3) is 0 Å². The minimum absolute atomic E-state index is 0.0138. The summed E-state index contributed by atoms with van der Waals surface area (Å²) in [5.74, 6) is 0.757. The summed E-state index contributed by atoms with van der Waals surface area (Å²) in [5, 5.41) is 9.68. The summed E-state index contributed by atoms with van der Waals surface area (Å²) in [6, 6.07) is 11.7.